The summed E-state index contributed by atoms with van der Waals surface area (Å²) in [5.74, 6) is -0.891. The molecule has 3 rings (SSSR count). The molecule has 0 saturated carbocycles. The first kappa shape index (κ1) is 22.6. The minimum Gasteiger partial charge on any atom is -0.493 e. The van der Waals surface area contributed by atoms with Gasteiger partial charge in [-0.2, -0.15) is 0 Å². The summed E-state index contributed by atoms with van der Waals surface area (Å²) in [5.41, 5.74) is 2.32. The van der Waals surface area contributed by atoms with E-state index in [1.807, 2.05) is 49.4 Å². The van der Waals surface area contributed by atoms with Gasteiger partial charge >= 0.3 is 0 Å². The Hall–Kier alpha value is -3.09. The molecule has 2 aromatic rings. The highest BCUT2D eigenvalue weighted by Crippen LogP contribution is 2.41. The van der Waals surface area contributed by atoms with Crippen LogP contribution in [0.2, 0.25) is 0 Å². The number of ketones is 1. The Morgan fingerprint density at radius 3 is 2.13 bits per heavy atom. The first-order valence-corrected chi connectivity index (χ1v) is 10.0. The normalized spacial score (nSPS) is 20.2. The molecule has 0 saturated heterocycles. The number of hydrogen-bond acceptors (Lipinski definition) is 6. The quantitative estimate of drug-likeness (QED) is 0.435. The number of carbonyl (C=O) groups is 1. The van der Waals surface area contributed by atoms with E-state index in [9.17, 15) is 4.79 Å². The molecule has 0 fully saturated rings. The standard InChI is InChI=1S/C25H28O6/c1-6-31-25(30-5)13-12-18(17-10-8-7-9-11-17)14-20(25)23(26)19-15-21(27-2)24(29-4)22(16-19)28-3/h7-16,20H,6H2,1-5H3. The first-order valence-electron chi connectivity index (χ1n) is 10.0. The molecule has 2 aromatic carbocycles. The number of benzene rings is 2. The third-order valence-corrected chi connectivity index (χ3v) is 5.30. The molecule has 0 N–H and O–H groups in total. The van der Waals surface area contributed by atoms with Crippen molar-refractivity contribution in [2.45, 2.75) is 12.7 Å². The fourth-order valence-corrected chi connectivity index (χ4v) is 3.76. The zero-order valence-electron chi connectivity index (χ0n) is 18.5. The minimum atomic E-state index is -1.22. The molecule has 164 valence electrons. The molecule has 1 aliphatic carbocycles. The van der Waals surface area contributed by atoms with Gasteiger partial charge in [-0.05, 0) is 36.3 Å². The zero-order valence-corrected chi connectivity index (χ0v) is 18.5. The predicted molar refractivity (Wildman–Crippen MR) is 119 cm³/mol. The monoisotopic (exact) mass is 424 g/mol. The Morgan fingerprint density at radius 2 is 1.61 bits per heavy atom. The third-order valence-electron chi connectivity index (χ3n) is 5.30. The van der Waals surface area contributed by atoms with E-state index in [4.69, 9.17) is 23.7 Å². The molecular formula is C25H28O6. The van der Waals surface area contributed by atoms with Crippen molar-refractivity contribution < 1.29 is 28.5 Å². The van der Waals surface area contributed by atoms with Gasteiger partial charge in [0.05, 0.1) is 27.2 Å². The van der Waals surface area contributed by atoms with Crippen molar-refractivity contribution >= 4 is 11.4 Å². The number of ether oxygens (including phenoxy) is 5. The lowest BCUT2D eigenvalue weighted by Gasteiger charge is -2.37. The number of rotatable bonds is 9. The van der Waals surface area contributed by atoms with E-state index in [1.54, 1.807) is 18.2 Å². The highest BCUT2D eigenvalue weighted by Gasteiger charge is 2.44. The van der Waals surface area contributed by atoms with Crippen LogP contribution in [0.3, 0.4) is 0 Å². The molecule has 2 atom stereocenters. The fourth-order valence-electron chi connectivity index (χ4n) is 3.76. The van der Waals surface area contributed by atoms with Crippen LogP contribution in [0.1, 0.15) is 22.8 Å². The van der Waals surface area contributed by atoms with Crippen LogP contribution in [0.25, 0.3) is 5.57 Å². The summed E-state index contributed by atoms with van der Waals surface area (Å²) < 4.78 is 27.9. The van der Waals surface area contributed by atoms with Crippen LogP contribution in [-0.4, -0.2) is 46.6 Å². The topological polar surface area (TPSA) is 63.2 Å². The highest BCUT2D eigenvalue weighted by atomic mass is 16.7. The van der Waals surface area contributed by atoms with Gasteiger partial charge in [0.2, 0.25) is 11.5 Å². The van der Waals surface area contributed by atoms with Gasteiger partial charge in [-0.3, -0.25) is 4.79 Å². The molecule has 0 amide bonds. The summed E-state index contributed by atoms with van der Waals surface area (Å²) in [6.07, 6.45) is 5.62. The van der Waals surface area contributed by atoms with Crippen LogP contribution in [0.15, 0.2) is 60.7 Å². The van der Waals surface area contributed by atoms with Gasteiger partial charge in [0, 0.05) is 19.3 Å². The second-order valence-electron chi connectivity index (χ2n) is 6.94. The van der Waals surface area contributed by atoms with Crippen LogP contribution in [-0.2, 0) is 9.47 Å². The molecule has 0 bridgehead atoms. The van der Waals surface area contributed by atoms with Crippen molar-refractivity contribution in [1.29, 1.82) is 0 Å². The van der Waals surface area contributed by atoms with Crippen molar-refractivity contribution in [3.63, 3.8) is 0 Å². The van der Waals surface area contributed by atoms with Gasteiger partial charge in [0.15, 0.2) is 17.3 Å². The number of carbonyl (C=O) groups excluding carboxylic acids is 1. The number of Topliss-reactive ketones (excluding diaryl/α,β-unsaturated/α-hetero) is 1. The van der Waals surface area contributed by atoms with Gasteiger partial charge in [0.25, 0.3) is 0 Å². The summed E-state index contributed by atoms with van der Waals surface area (Å²) >= 11 is 0. The third kappa shape index (κ3) is 4.36. The minimum absolute atomic E-state index is 0.188. The maximum atomic E-state index is 13.8. The molecular weight excluding hydrogens is 396 g/mol. The van der Waals surface area contributed by atoms with E-state index in [2.05, 4.69) is 0 Å². The smallest absolute Gasteiger partial charge is 0.203 e. The average Bonchev–Trinajstić information content (AvgIpc) is 2.83. The molecule has 0 aromatic heterocycles. The molecule has 0 heterocycles. The summed E-state index contributed by atoms with van der Waals surface area (Å²) in [6.45, 7) is 2.25. The Kier molecular flexibility index (Phi) is 7.15. The Balaban J connectivity index is 2.12. The fraction of sp³-hybridized carbons (Fsp3) is 0.320. The lowest BCUT2D eigenvalue weighted by atomic mass is 9.82. The van der Waals surface area contributed by atoms with E-state index in [1.165, 1.54) is 28.4 Å². The van der Waals surface area contributed by atoms with Crippen LogP contribution in [0.4, 0.5) is 0 Å². The van der Waals surface area contributed by atoms with E-state index in [0.717, 1.165) is 11.1 Å². The molecule has 0 spiro atoms. The van der Waals surface area contributed by atoms with Crippen molar-refractivity contribution in [2.24, 2.45) is 5.92 Å². The molecule has 31 heavy (non-hydrogen) atoms. The summed E-state index contributed by atoms with van der Waals surface area (Å²) in [4.78, 5) is 13.8. The maximum Gasteiger partial charge on any atom is 0.203 e. The molecule has 0 radical (unpaired) electrons. The van der Waals surface area contributed by atoms with Crippen molar-refractivity contribution in [3.05, 3.63) is 71.8 Å². The zero-order chi connectivity index (χ0) is 22.4. The largest absolute Gasteiger partial charge is 0.493 e. The second-order valence-corrected chi connectivity index (χ2v) is 6.94. The molecule has 2 unspecified atom stereocenters. The van der Waals surface area contributed by atoms with Crippen LogP contribution < -0.4 is 14.2 Å². The van der Waals surface area contributed by atoms with Gasteiger partial charge < -0.3 is 23.7 Å². The predicted octanol–water partition coefficient (Wildman–Crippen LogP) is 4.54. The van der Waals surface area contributed by atoms with Gasteiger partial charge in [-0.15, -0.1) is 0 Å². The van der Waals surface area contributed by atoms with Gasteiger partial charge in [-0.1, -0.05) is 42.5 Å². The molecule has 6 heteroatoms. The van der Waals surface area contributed by atoms with Crippen LogP contribution in [0.5, 0.6) is 17.2 Å². The number of allylic oxidation sites excluding steroid dienone is 2. The van der Waals surface area contributed by atoms with E-state index < -0.39 is 11.7 Å². The van der Waals surface area contributed by atoms with Crippen molar-refractivity contribution in [1.82, 2.24) is 0 Å². The first-order chi connectivity index (χ1) is 15.0. The summed E-state index contributed by atoms with van der Waals surface area (Å²) in [5, 5.41) is 0. The highest BCUT2D eigenvalue weighted by molar-refractivity contribution is 6.02. The van der Waals surface area contributed by atoms with Crippen LogP contribution in [0, 0.1) is 5.92 Å². The summed E-state index contributed by atoms with van der Waals surface area (Å²) in [6, 6.07) is 13.2. The van der Waals surface area contributed by atoms with E-state index in [0.29, 0.717) is 29.4 Å². The van der Waals surface area contributed by atoms with Gasteiger partial charge in [-0.25, -0.2) is 0 Å². The van der Waals surface area contributed by atoms with Gasteiger partial charge in [0.1, 0.15) is 0 Å². The van der Waals surface area contributed by atoms with Crippen LogP contribution >= 0.6 is 0 Å². The van der Waals surface area contributed by atoms with E-state index >= 15 is 0 Å². The molecule has 0 aliphatic heterocycles. The second kappa shape index (κ2) is 9.81. The van der Waals surface area contributed by atoms with Crippen molar-refractivity contribution in [2.75, 3.05) is 35.0 Å². The maximum absolute atomic E-state index is 13.8. The lowest BCUT2D eigenvalue weighted by Crippen LogP contribution is -2.45. The molecule has 1 aliphatic rings. The Labute approximate surface area is 183 Å². The SMILES string of the molecule is CCOC1(OC)C=CC(c2ccccc2)=CC1C(=O)c1cc(OC)c(OC)c(OC)c1. The Morgan fingerprint density at radius 1 is 0.968 bits per heavy atom. The molecule has 6 nitrogen and oxygen atoms in total. The summed E-state index contributed by atoms with van der Waals surface area (Å²) in [7, 11) is 6.09. The Bertz CT molecular complexity index is 954. The number of methoxy groups -OCH3 is 4. The lowest BCUT2D eigenvalue weighted by molar-refractivity contribution is -0.199. The average molecular weight is 424 g/mol. The van der Waals surface area contributed by atoms with E-state index in [-0.39, 0.29) is 5.78 Å². The number of hydrogen-bond donors (Lipinski definition) is 0. The van der Waals surface area contributed by atoms with Crippen molar-refractivity contribution in [3.8, 4) is 17.2 Å².